The number of benzene rings is 1. The summed E-state index contributed by atoms with van der Waals surface area (Å²) in [4.78, 5) is 11.7. The van der Waals surface area contributed by atoms with Crippen molar-refractivity contribution in [1.29, 1.82) is 0 Å². The van der Waals surface area contributed by atoms with Gasteiger partial charge >= 0.3 is 0 Å². The maximum atomic E-state index is 11.7. The van der Waals surface area contributed by atoms with E-state index in [9.17, 15) is 23.4 Å². The van der Waals surface area contributed by atoms with Crippen LogP contribution in [0.5, 0.6) is 17.2 Å². The summed E-state index contributed by atoms with van der Waals surface area (Å²) in [5.74, 6) is -2.63. The predicted molar refractivity (Wildman–Crippen MR) is 71.2 cm³/mol. The molecule has 1 aromatic rings. The highest BCUT2D eigenvalue weighted by atomic mass is 32.2. The van der Waals surface area contributed by atoms with Gasteiger partial charge in [-0.2, -0.15) is 0 Å². The topological polar surface area (TPSA) is 136 Å². The van der Waals surface area contributed by atoms with E-state index in [0.717, 1.165) is 12.1 Å². The van der Waals surface area contributed by atoms with E-state index < -0.39 is 33.2 Å². The minimum atomic E-state index is -3.32. The van der Waals surface area contributed by atoms with E-state index in [4.69, 9.17) is 5.11 Å². The van der Waals surface area contributed by atoms with Crippen molar-refractivity contribution >= 4 is 15.9 Å². The highest BCUT2D eigenvalue weighted by Gasteiger charge is 2.13. The molecular weight excluding hydrogens is 288 g/mol. The number of hydrogen-bond acceptors (Lipinski definition) is 6. The SMILES string of the molecule is CCS(=O)(=O)NCCNC(=O)c1cc(O)c(O)c(O)c1. The Morgan fingerprint density at radius 3 is 2.20 bits per heavy atom. The van der Waals surface area contributed by atoms with E-state index in [0.29, 0.717) is 0 Å². The van der Waals surface area contributed by atoms with Crippen LogP contribution >= 0.6 is 0 Å². The molecule has 0 aliphatic heterocycles. The fourth-order valence-corrected chi connectivity index (χ4v) is 1.94. The number of aromatic hydroxyl groups is 3. The molecule has 1 rings (SSSR count). The molecule has 1 amide bonds. The molecule has 0 radical (unpaired) electrons. The Hall–Kier alpha value is -2.00. The zero-order valence-corrected chi connectivity index (χ0v) is 11.6. The molecule has 0 aliphatic rings. The number of carbonyl (C=O) groups is 1. The first kappa shape index (κ1) is 16.1. The van der Waals surface area contributed by atoms with Crippen molar-refractivity contribution in [3.8, 4) is 17.2 Å². The molecule has 0 fully saturated rings. The van der Waals surface area contributed by atoms with E-state index in [1.807, 2.05) is 0 Å². The molecule has 5 N–H and O–H groups in total. The number of nitrogens with one attached hydrogen (secondary N) is 2. The zero-order chi connectivity index (χ0) is 15.3. The van der Waals surface area contributed by atoms with E-state index in [-0.39, 0.29) is 24.4 Å². The van der Waals surface area contributed by atoms with Gasteiger partial charge in [-0.25, -0.2) is 13.1 Å². The van der Waals surface area contributed by atoms with Crippen LogP contribution in [0.25, 0.3) is 0 Å². The van der Waals surface area contributed by atoms with Crippen LogP contribution in [0.4, 0.5) is 0 Å². The van der Waals surface area contributed by atoms with Crippen LogP contribution in [-0.4, -0.2) is 48.5 Å². The predicted octanol–water partition coefficient (Wildman–Crippen LogP) is -0.528. The lowest BCUT2D eigenvalue weighted by Crippen LogP contribution is -2.35. The lowest BCUT2D eigenvalue weighted by Gasteiger charge is -2.08. The molecule has 20 heavy (non-hydrogen) atoms. The second-order valence-corrected chi connectivity index (χ2v) is 6.01. The van der Waals surface area contributed by atoms with Crippen LogP contribution in [0.3, 0.4) is 0 Å². The molecule has 8 nitrogen and oxygen atoms in total. The van der Waals surface area contributed by atoms with Crippen LogP contribution < -0.4 is 10.0 Å². The smallest absolute Gasteiger partial charge is 0.251 e. The average Bonchev–Trinajstić information content (AvgIpc) is 2.40. The number of phenols is 3. The zero-order valence-electron chi connectivity index (χ0n) is 10.8. The summed E-state index contributed by atoms with van der Waals surface area (Å²) in [6.07, 6.45) is 0. The highest BCUT2D eigenvalue weighted by molar-refractivity contribution is 7.89. The summed E-state index contributed by atoms with van der Waals surface area (Å²) < 4.78 is 24.5. The Bertz CT molecular complexity index is 576. The highest BCUT2D eigenvalue weighted by Crippen LogP contribution is 2.35. The summed E-state index contributed by atoms with van der Waals surface area (Å²) in [6, 6.07) is 1.97. The van der Waals surface area contributed by atoms with E-state index in [2.05, 4.69) is 10.0 Å². The summed E-state index contributed by atoms with van der Waals surface area (Å²) in [5.41, 5.74) is -0.0591. The van der Waals surface area contributed by atoms with Gasteiger partial charge in [0.05, 0.1) is 5.75 Å². The van der Waals surface area contributed by atoms with Crippen LogP contribution in [0, 0.1) is 0 Å². The minimum Gasteiger partial charge on any atom is -0.504 e. The van der Waals surface area contributed by atoms with Gasteiger partial charge in [-0.05, 0) is 19.1 Å². The van der Waals surface area contributed by atoms with Crippen LogP contribution in [0.15, 0.2) is 12.1 Å². The quantitative estimate of drug-likeness (QED) is 0.354. The second-order valence-electron chi connectivity index (χ2n) is 3.92. The molecule has 112 valence electrons. The third-order valence-electron chi connectivity index (χ3n) is 2.44. The lowest BCUT2D eigenvalue weighted by molar-refractivity contribution is 0.0953. The van der Waals surface area contributed by atoms with Crippen LogP contribution in [0.1, 0.15) is 17.3 Å². The molecular formula is C11H16N2O6S. The third kappa shape index (κ3) is 4.28. The molecule has 0 aromatic heterocycles. The summed E-state index contributed by atoms with van der Waals surface area (Å²) in [6.45, 7) is 1.56. The standard InChI is InChI=1S/C11H16N2O6S/c1-2-20(18,19)13-4-3-12-11(17)7-5-8(14)10(16)9(15)6-7/h5-6,13-16H,2-4H2,1H3,(H,12,17). The molecule has 0 atom stereocenters. The molecule has 0 heterocycles. The lowest BCUT2D eigenvalue weighted by atomic mass is 10.1. The van der Waals surface area contributed by atoms with Gasteiger partial charge in [0.25, 0.3) is 5.91 Å². The first-order valence-electron chi connectivity index (χ1n) is 5.77. The Balaban J connectivity index is 2.56. The fourth-order valence-electron chi connectivity index (χ4n) is 1.32. The van der Waals surface area contributed by atoms with Crippen molar-refractivity contribution in [2.75, 3.05) is 18.8 Å². The number of sulfonamides is 1. The van der Waals surface area contributed by atoms with Crippen LogP contribution in [0.2, 0.25) is 0 Å². The number of hydrogen-bond donors (Lipinski definition) is 5. The van der Waals surface area contributed by atoms with E-state index >= 15 is 0 Å². The van der Waals surface area contributed by atoms with Gasteiger partial charge in [-0.15, -0.1) is 0 Å². The van der Waals surface area contributed by atoms with E-state index in [1.54, 1.807) is 0 Å². The third-order valence-corrected chi connectivity index (χ3v) is 3.85. The van der Waals surface area contributed by atoms with Gasteiger partial charge < -0.3 is 20.6 Å². The first-order chi connectivity index (χ1) is 9.26. The largest absolute Gasteiger partial charge is 0.504 e. The van der Waals surface area contributed by atoms with E-state index in [1.165, 1.54) is 6.92 Å². The van der Waals surface area contributed by atoms with Crippen molar-refractivity contribution in [2.45, 2.75) is 6.92 Å². The normalized spacial score (nSPS) is 11.2. The van der Waals surface area contributed by atoms with Crippen molar-refractivity contribution in [2.24, 2.45) is 0 Å². The summed E-state index contributed by atoms with van der Waals surface area (Å²) in [7, 11) is -3.32. The number of amides is 1. The Morgan fingerprint density at radius 1 is 1.15 bits per heavy atom. The van der Waals surface area contributed by atoms with Gasteiger partial charge in [0.15, 0.2) is 17.2 Å². The first-order valence-corrected chi connectivity index (χ1v) is 7.42. The Morgan fingerprint density at radius 2 is 1.70 bits per heavy atom. The fraction of sp³-hybridized carbons (Fsp3) is 0.364. The minimum absolute atomic E-state index is 0.0258. The molecule has 1 aromatic carbocycles. The van der Waals surface area contributed by atoms with Gasteiger partial charge in [0.1, 0.15) is 0 Å². The Labute approximate surface area is 116 Å². The van der Waals surface area contributed by atoms with Crippen molar-refractivity contribution < 1.29 is 28.5 Å². The molecule has 0 unspecified atom stereocenters. The second kappa shape index (κ2) is 6.44. The molecule has 0 saturated heterocycles. The number of carbonyl (C=O) groups excluding carboxylic acids is 1. The Kier molecular flexibility index (Phi) is 5.17. The van der Waals surface area contributed by atoms with Gasteiger partial charge in [0.2, 0.25) is 10.0 Å². The van der Waals surface area contributed by atoms with Gasteiger partial charge in [0, 0.05) is 18.7 Å². The van der Waals surface area contributed by atoms with Crippen molar-refractivity contribution in [3.05, 3.63) is 17.7 Å². The molecule has 0 aliphatic carbocycles. The molecule has 9 heteroatoms. The average molecular weight is 304 g/mol. The van der Waals surface area contributed by atoms with Crippen molar-refractivity contribution in [1.82, 2.24) is 10.0 Å². The number of rotatable bonds is 6. The summed E-state index contributed by atoms with van der Waals surface area (Å²) >= 11 is 0. The summed E-state index contributed by atoms with van der Waals surface area (Å²) in [5, 5.41) is 30.1. The van der Waals surface area contributed by atoms with Gasteiger partial charge in [-0.1, -0.05) is 0 Å². The maximum Gasteiger partial charge on any atom is 0.251 e. The maximum absolute atomic E-state index is 11.7. The molecule has 0 bridgehead atoms. The van der Waals surface area contributed by atoms with Crippen molar-refractivity contribution in [3.63, 3.8) is 0 Å². The monoisotopic (exact) mass is 304 g/mol. The van der Waals surface area contributed by atoms with Gasteiger partial charge in [-0.3, -0.25) is 4.79 Å². The van der Waals surface area contributed by atoms with Crippen LogP contribution in [-0.2, 0) is 10.0 Å². The molecule has 0 saturated carbocycles. The molecule has 0 spiro atoms. The number of phenolic OH excluding ortho intramolecular Hbond substituents is 3.